The van der Waals surface area contributed by atoms with Crippen molar-refractivity contribution in [1.82, 2.24) is 14.8 Å². The topological polar surface area (TPSA) is 54.5 Å². The van der Waals surface area contributed by atoms with Crippen LogP contribution in [0.1, 0.15) is 32.1 Å². The van der Waals surface area contributed by atoms with E-state index < -0.39 is 0 Å². The molecule has 2 unspecified atom stereocenters. The normalized spacial score (nSPS) is 26.0. The van der Waals surface area contributed by atoms with Crippen LogP contribution in [-0.4, -0.2) is 20.0 Å². The van der Waals surface area contributed by atoms with Crippen molar-refractivity contribution >= 4 is 11.8 Å². The molecule has 0 N–H and O–H groups in total. The second kappa shape index (κ2) is 5.35. The summed E-state index contributed by atoms with van der Waals surface area (Å²) in [5, 5.41) is 18.4. The molecule has 0 aromatic carbocycles. The summed E-state index contributed by atoms with van der Waals surface area (Å²) < 4.78 is 1.92. The Morgan fingerprint density at radius 3 is 2.94 bits per heavy atom. The van der Waals surface area contributed by atoms with Crippen molar-refractivity contribution < 1.29 is 0 Å². The first-order valence-electron chi connectivity index (χ1n) is 5.71. The van der Waals surface area contributed by atoms with Crippen LogP contribution in [0.25, 0.3) is 0 Å². The lowest BCUT2D eigenvalue weighted by Crippen LogP contribution is -2.14. The van der Waals surface area contributed by atoms with E-state index in [9.17, 15) is 5.26 Å². The molecule has 2 rings (SSSR count). The average molecular weight is 236 g/mol. The van der Waals surface area contributed by atoms with Crippen molar-refractivity contribution in [3.05, 3.63) is 6.33 Å². The Balaban J connectivity index is 2.06. The minimum Gasteiger partial charge on any atom is -0.312 e. The van der Waals surface area contributed by atoms with Gasteiger partial charge in [0.25, 0.3) is 0 Å². The third-order valence-corrected chi connectivity index (χ3v) is 4.49. The quantitative estimate of drug-likeness (QED) is 0.740. The molecule has 1 fully saturated rings. The smallest absolute Gasteiger partial charge is 0.191 e. The molecule has 2 atom stereocenters. The van der Waals surface area contributed by atoms with E-state index in [4.69, 9.17) is 0 Å². The molecular weight excluding hydrogens is 220 g/mol. The van der Waals surface area contributed by atoms with Crippen molar-refractivity contribution in [2.24, 2.45) is 13.0 Å². The summed E-state index contributed by atoms with van der Waals surface area (Å²) >= 11 is 1.71. The highest BCUT2D eigenvalue weighted by molar-refractivity contribution is 7.99. The van der Waals surface area contributed by atoms with E-state index in [-0.39, 0.29) is 5.92 Å². The van der Waals surface area contributed by atoms with Crippen molar-refractivity contribution in [1.29, 1.82) is 5.26 Å². The minimum atomic E-state index is 0.171. The molecule has 0 aliphatic heterocycles. The molecule has 0 bridgehead atoms. The Morgan fingerprint density at radius 1 is 1.44 bits per heavy atom. The van der Waals surface area contributed by atoms with Crippen molar-refractivity contribution in [3.8, 4) is 6.07 Å². The summed E-state index contributed by atoms with van der Waals surface area (Å²) in [4.78, 5) is 0. The molecule has 1 aliphatic carbocycles. The molecule has 0 saturated heterocycles. The predicted molar refractivity (Wildman–Crippen MR) is 62.8 cm³/mol. The van der Waals surface area contributed by atoms with Gasteiger partial charge in [-0.3, -0.25) is 0 Å². The molecule has 1 aliphatic rings. The molecule has 1 aromatic rings. The Hall–Kier alpha value is -1.02. The molecular formula is C11H16N4S. The van der Waals surface area contributed by atoms with Gasteiger partial charge in [-0.25, -0.2) is 0 Å². The average Bonchev–Trinajstić information content (AvgIpc) is 2.56. The fourth-order valence-corrected chi connectivity index (χ4v) is 3.30. The maximum atomic E-state index is 9.18. The van der Waals surface area contributed by atoms with Crippen LogP contribution in [0.5, 0.6) is 0 Å². The molecule has 1 aromatic heterocycles. The number of hydrogen-bond donors (Lipinski definition) is 0. The third-order valence-electron chi connectivity index (χ3n) is 3.05. The first kappa shape index (κ1) is 11.5. The van der Waals surface area contributed by atoms with Gasteiger partial charge in [0.15, 0.2) is 5.16 Å². The van der Waals surface area contributed by atoms with Gasteiger partial charge in [0.05, 0.1) is 12.0 Å². The van der Waals surface area contributed by atoms with Gasteiger partial charge in [-0.2, -0.15) is 5.26 Å². The SMILES string of the molecule is Cn1cnnc1SC1CCCCCC1C#N. The van der Waals surface area contributed by atoms with E-state index in [1.54, 1.807) is 18.1 Å². The fraction of sp³-hybridized carbons (Fsp3) is 0.727. The zero-order valence-electron chi connectivity index (χ0n) is 9.46. The van der Waals surface area contributed by atoms with E-state index in [2.05, 4.69) is 16.3 Å². The first-order chi connectivity index (χ1) is 7.81. The van der Waals surface area contributed by atoms with E-state index in [0.29, 0.717) is 5.25 Å². The van der Waals surface area contributed by atoms with Gasteiger partial charge in [-0.1, -0.05) is 31.0 Å². The number of aromatic nitrogens is 3. The molecule has 4 nitrogen and oxygen atoms in total. The first-order valence-corrected chi connectivity index (χ1v) is 6.59. The molecule has 0 amide bonds. The highest BCUT2D eigenvalue weighted by Gasteiger charge is 2.25. The number of nitrogens with zero attached hydrogens (tertiary/aromatic N) is 4. The van der Waals surface area contributed by atoms with Crippen LogP contribution in [0.15, 0.2) is 11.5 Å². The number of hydrogen-bond acceptors (Lipinski definition) is 4. The molecule has 16 heavy (non-hydrogen) atoms. The van der Waals surface area contributed by atoms with Gasteiger partial charge in [-0.05, 0) is 12.8 Å². The fourth-order valence-electron chi connectivity index (χ4n) is 2.08. The van der Waals surface area contributed by atoms with E-state index in [1.165, 1.54) is 19.3 Å². The van der Waals surface area contributed by atoms with Gasteiger partial charge in [0.1, 0.15) is 6.33 Å². The van der Waals surface area contributed by atoms with Crippen LogP contribution in [0.3, 0.4) is 0 Å². The molecule has 0 spiro atoms. The van der Waals surface area contributed by atoms with Crippen LogP contribution in [0.4, 0.5) is 0 Å². The second-order valence-corrected chi connectivity index (χ2v) is 5.46. The Labute approximate surface area is 100 Å². The van der Waals surface area contributed by atoms with Gasteiger partial charge in [-0.15, -0.1) is 10.2 Å². The third kappa shape index (κ3) is 2.56. The monoisotopic (exact) mass is 236 g/mol. The number of nitriles is 1. The standard InChI is InChI=1S/C11H16N4S/c1-15-8-13-14-11(15)16-10-6-4-2-3-5-9(10)7-12/h8-10H,2-6H2,1H3. The second-order valence-electron chi connectivity index (χ2n) is 4.25. The summed E-state index contributed by atoms with van der Waals surface area (Å²) in [6.07, 6.45) is 7.54. The van der Waals surface area contributed by atoms with Gasteiger partial charge in [0.2, 0.25) is 0 Å². The molecule has 5 heteroatoms. The summed E-state index contributed by atoms with van der Waals surface area (Å²) in [5.41, 5.74) is 0. The highest BCUT2D eigenvalue weighted by atomic mass is 32.2. The van der Waals surface area contributed by atoms with Crippen molar-refractivity contribution in [2.45, 2.75) is 42.5 Å². The highest BCUT2D eigenvalue weighted by Crippen LogP contribution is 2.35. The van der Waals surface area contributed by atoms with E-state index in [0.717, 1.165) is 18.0 Å². The van der Waals surface area contributed by atoms with Gasteiger partial charge < -0.3 is 4.57 Å². The molecule has 86 valence electrons. The minimum absolute atomic E-state index is 0.171. The number of rotatable bonds is 2. The van der Waals surface area contributed by atoms with E-state index >= 15 is 0 Å². The Kier molecular flexibility index (Phi) is 3.83. The zero-order valence-corrected chi connectivity index (χ0v) is 10.3. The summed E-state index contributed by atoms with van der Waals surface area (Å²) in [6.45, 7) is 0. The molecule has 1 saturated carbocycles. The summed E-state index contributed by atoms with van der Waals surface area (Å²) in [5.74, 6) is 0.171. The summed E-state index contributed by atoms with van der Waals surface area (Å²) in [6, 6.07) is 2.45. The van der Waals surface area contributed by atoms with Gasteiger partial charge in [0, 0.05) is 12.3 Å². The maximum Gasteiger partial charge on any atom is 0.191 e. The van der Waals surface area contributed by atoms with Crippen LogP contribution in [-0.2, 0) is 7.05 Å². The van der Waals surface area contributed by atoms with Crippen molar-refractivity contribution in [2.75, 3.05) is 0 Å². The number of aryl methyl sites for hydroxylation is 1. The van der Waals surface area contributed by atoms with Crippen LogP contribution < -0.4 is 0 Å². The lowest BCUT2D eigenvalue weighted by Gasteiger charge is -2.17. The van der Waals surface area contributed by atoms with Crippen LogP contribution in [0.2, 0.25) is 0 Å². The Bertz CT molecular complexity index is 382. The number of thioether (sulfide) groups is 1. The van der Waals surface area contributed by atoms with Crippen LogP contribution in [0, 0.1) is 17.2 Å². The lowest BCUT2D eigenvalue weighted by atomic mass is 10.0. The molecule has 0 radical (unpaired) electrons. The Morgan fingerprint density at radius 2 is 2.25 bits per heavy atom. The van der Waals surface area contributed by atoms with Gasteiger partial charge >= 0.3 is 0 Å². The summed E-state index contributed by atoms with van der Waals surface area (Å²) in [7, 11) is 1.94. The zero-order chi connectivity index (χ0) is 11.4. The molecule has 1 heterocycles. The van der Waals surface area contributed by atoms with Crippen molar-refractivity contribution in [3.63, 3.8) is 0 Å². The largest absolute Gasteiger partial charge is 0.312 e. The van der Waals surface area contributed by atoms with E-state index in [1.807, 2.05) is 11.6 Å². The van der Waals surface area contributed by atoms with Crippen LogP contribution >= 0.6 is 11.8 Å². The maximum absolute atomic E-state index is 9.18. The predicted octanol–water partition coefficient (Wildman–Crippen LogP) is 2.38. The lowest BCUT2D eigenvalue weighted by molar-refractivity contribution is 0.582.